The van der Waals surface area contributed by atoms with Crippen LogP contribution >= 0.6 is 0 Å². The van der Waals surface area contributed by atoms with Crippen molar-refractivity contribution in [3.05, 3.63) is 27.8 Å². The van der Waals surface area contributed by atoms with Crippen LogP contribution in [0.4, 0.5) is 5.69 Å². The number of rotatable bonds is 3. The molecule has 0 aliphatic rings. The Kier molecular flexibility index (Phi) is 3.98. The van der Waals surface area contributed by atoms with Crippen molar-refractivity contribution in [2.75, 3.05) is 11.9 Å². The number of nitrogens with two attached hydrogens (primary N) is 1. The van der Waals surface area contributed by atoms with E-state index in [1.165, 1.54) is 33.5 Å². The molecule has 3 N–H and O–H groups in total. The van der Waals surface area contributed by atoms with E-state index < -0.39 is 0 Å². The second-order valence-corrected chi connectivity index (χ2v) is 4.86. The van der Waals surface area contributed by atoms with Crippen LogP contribution < -0.4 is 11.1 Å². The van der Waals surface area contributed by atoms with Crippen LogP contribution in [-0.4, -0.2) is 12.6 Å². The molecular formula is C14H24N2. The van der Waals surface area contributed by atoms with Crippen molar-refractivity contribution in [3.63, 3.8) is 0 Å². The summed E-state index contributed by atoms with van der Waals surface area (Å²) in [5.41, 5.74) is 13.9. The molecule has 2 nitrogen and oxygen atoms in total. The molecule has 16 heavy (non-hydrogen) atoms. The van der Waals surface area contributed by atoms with E-state index in [-0.39, 0.29) is 6.04 Å². The summed E-state index contributed by atoms with van der Waals surface area (Å²) in [6.45, 7) is 13.8. The van der Waals surface area contributed by atoms with E-state index in [0.29, 0.717) is 0 Å². The van der Waals surface area contributed by atoms with Gasteiger partial charge in [-0.1, -0.05) is 0 Å². The first-order valence-corrected chi connectivity index (χ1v) is 5.92. The Balaban J connectivity index is 3.18. The van der Waals surface area contributed by atoms with Crippen LogP contribution in [0, 0.1) is 34.6 Å². The molecule has 0 aliphatic carbocycles. The number of benzene rings is 1. The van der Waals surface area contributed by atoms with Crippen LogP contribution in [0.3, 0.4) is 0 Å². The molecule has 0 heterocycles. The molecule has 1 unspecified atom stereocenters. The summed E-state index contributed by atoms with van der Waals surface area (Å²) in [7, 11) is 0. The van der Waals surface area contributed by atoms with Gasteiger partial charge in [0.2, 0.25) is 0 Å². The Morgan fingerprint density at radius 2 is 1.25 bits per heavy atom. The fourth-order valence-electron chi connectivity index (χ4n) is 2.03. The van der Waals surface area contributed by atoms with Gasteiger partial charge >= 0.3 is 0 Å². The summed E-state index contributed by atoms with van der Waals surface area (Å²) >= 11 is 0. The van der Waals surface area contributed by atoms with E-state index in [9.17, 15) is 0 Å². The maximum absolute atomic E-state index is 5.78. The van der Waals surface area contributed by atoms with Crippen LogP contribution in [0.15, 0.2) is 0 Å². The molecule has 1 aromatic rings. The smallest absolute Gasteiger partial charge is 0.0405 e. The van der Waals surface area contributed by atoms with Crippen LogP contribution in [0.1, 0.15) is 34.7 Å². The van der Waals surface area contributed by atoms with E-state index >= 15 is 0 Å². The highest BCUT2D eigenvalue weighted by atomic mass is 14.9. The van der Waals surface area contributed by atoms with Crippen molar-refractivity contribution >= 4 is 5.69 Å². The molecular weight excluding hydrogens is 196 g/mol. The Bertz CT molecular complexity index is 363. The van der Waals surface area contributed by atoms with Gasteiger partial charge < -0.3 is 11.1 Å². The lowest BCUT2D eigenvalue weighted by Crippen LogP contribution is -2.26. The lowest BCUT2D eigenvalue weighted by atomic mass is 9.93. The second kappa shape index (κ2) is 4.88. The average Bonchev–Trinajstić information content (AvgIpc) is 2.23. The minimum atomic E-state index is 0.181. The third kappa shape index (κ3) is 2.38. The molecule has 0 saturated carbocycles. The van der Waals surface area contributed by atoms with Crippen molar-refractivity contribution in [1.29, 1.82) is 0 Å². The summed E-state index contributed by atoms with van der Waals surface area (Å²) in [5.74, 6) is 0. The van der Waals surface area contributed by atoms with Gasteiger partial charge in [0.1, 0.15) is 0 Å². The molecule has 1 aromatic carbocycles. The third-order valence-corrected chi connectivity index (χ3v) is 3.60. The monoisotopic (exact) mass is 220 g/mol. The number of hydrogen-bond acceptors (Lipinski definition) is 2. The standard InChI is InChI=1S/C14H24N2/c1-8(15)7-16-14-12(5)10(3)9(2)11(4)13(14)6/h8,16H,7,15H2,1-6H3. The summed E-state index contributed by atoms with van der Waals surface area (Å²) in [4.78, 5) is 0. The number of hydrogen-bond donors (Lipinski definition) is 2. The highest BCUT2D eigenvalue weighted by Gasteiger charge is 2.11. The van der Waals surface area contributed by atoms with Crippen LogP contribution in [0.25, 0.3) is 0 Å². The van der Waals surface area contributed by atoms with Gasteiger partial charge in [-0.25, -0.2) is 0 Å². The molecule has 0 aliphatic heterocycles. The van der Waals surface area contributed by atoms with Gasteiger partial charge in [0.25, 0.3) is 0 Å². The van der Waals surface area contributed by atoms with Crippen molar-refractivity contribution < 1.29 is 0 Å². The van der Waals surface area contributed by atoms with Crippen LogP contribution in [0.2, 0.25) is 0 Å². The molecule has 1 atom stereocenters. The van der Waals surface area contributed by atoms with Gasteiger partial charge in [-0.15, -0.1) is 0 Å². The van der Waals surface area contributed by atoms with Gasteiger partial charge in [-0.2, -0.15) is 0 Å². The lowest BCUT2D eigenvalue weighted by Gasteiger charge is -2.20. The van der Waals surface area contributed by atoms with Crippen molar-refractivity contribution in [2.24, 2.45) is 5.73 Å². The first-order chi connectivity index (χ1) is 7.36. The molecule has 1 rings (SSSR count). The van der Waals surface area contributed by atoms with E-state index in [4.69, 9.17) is 5.73 Å². The first kappa shape index (κ1) is 13.0. The minimum absolute atomic E-state index is 0.181. The molecule has 0 bridgehead atoms. The maximum atomic E-state index is 5.78. The highest BCUT2D eigenvalue weighted by molar-refractivity contribution is 5.64. The quantitative estimate of drug-likeness (QED) is 0.822. The first-order valence-electron chi connectivity index (χ1n) is 5.92. The van der Waals surface area contributed by atoms with E-state index in [1.807, 2.05) is 6.92 Å². The fourth-order valence-corrected chi connectivity index (χ4v) is 2.03. The second-order valence-electron chi connectivity index (χ2n) is 4.86. The Morgan fingerprint density at radius 1 is 0.875 bits per heavy atom. The van der Waals surface area contributed by atoms with Crippen molar-refractivity contribution in [2.45, 2.75) is 47.6 Å². The number of nitrogens with one attached hydrogen (secondary N) is 1. The lowest BCUT2D eigenvalue weighted by molar-refractivity contribution is 0.778. The predicted molar refractivity (Wildman–Crippen MR) is 72.3 cm³/mol. The Morgan fingerprint density at radius 3 is 1.62 bits per heavy atom. The predicted octanol–water partition coefficient (Wildman–Crippen LogP) is 2.99. The van der Waals surface area contributed by atoms with E-state index in [2.05, 4.69) is 39.9 Å². The summed E-state index contributed by atoms with van der Waals surface area (Å²) in [6, 6.07) is 0.181. The Hall–Kier alpha value is -1.02. The zero-order chi connectivity index (χ0) is 12.5. The number of anilines is 1. The van der Waals surface area contributed by atoms with E-state index in [0.717, 1.165) is 6.54 Å². The topological polar surface area (TPSA) is 38.0 Å². The third-order valence-electron chi connectivity index (χ3n) is 3.60. The van der Waals surface area contributed by atoms with Gasteiger partial charge in [-0.3, -0.25) is 0 Å². The average molecular weight is 220 g/mol. The molecule has 0 fully saturated rings. The van der Waals surface area contributed by atoms with Gasteiger partial charge in [0.15, 0.2) is 0 Å². The minimum Gasteiger partial charge on any atom is -0.383 e. The summed E-state index contributed by atoms with van der Waals surface area (Å²) in [5, 5.41) is 3.46. The van der Waals surface area contributed by atoms with Gasteiger partial charge in [-0.05, 0) is 69.4 Å². The molecule has 2 heteroatoms. The molecule has 0 aromatic heterocycles. The maximum Gasteiger partial charge on any atom is 0.0405 e. The molecule has 0 amide bonds. The molecule has 0 saturated heterocycles. The molecule has 90 valence electrons. The SMILES string of the molecule is Cc1c(C)c(C)c(NCC(C)N)c(C)c1C. The molecule has 0 radical (unpaired) electrons. The zero-order valence-electron chi connectivity index (χ0n) is 11.4. The van der Waals surface area contributed by atoms with Crippen molar-refractivity contribution in [3.8, 4) is 0 Å². The Labute approximate surface area is 99.2 Å². The largest absolute Gasteiger partial charge is 0.383 e. The summed E-state index contributed by atoms with van der Waals surface area (Å²) in [6.07, 6.45) is 0. The van der Waals surface area contributed by atoms with Crippen LogP contribution in [-0.2, 0) is 0 Å². The van der Waals surface area contributed by atoms with Crippen LogP contribution in [0.5, 0.6) is 0 Å². The normalized spacial score (nSPS) is 12.7. The molecule has 0 spiro atoms. The van der Waals surface area contributed by atoms with Gasteiger partial charge in [0.05, 0.1) is 0 Å². The zero-order valence-corrected chi connectivity index (χ0v) is 11.4. The highest BCUT2D eigenvalue weighted by Crippen LogP contribution is 2.29. The van der Waals surface area contributed by atoms with E-state index in [1.54, 1.807) is 0 Å². The van der Waals surface area contributed by atoms with Crippen molar-refractivity contribution in [1.82, 2.24) is 0 Å². The van der Waals surface area contributed by atoms with Gasteiger partial charge in [0, 0.05) is 18.3 Å². The summed E-state index contributed by atoms with van der Waals surface area (Å²) < 4.78 is 0. The fraction of sp³-hybridized carbons (Fsp3) is 0.571.